The highest BCUT2D eigenvalue weighted by atomic mass is 19.3. The lowest BCUT2D eigenvalue weighted by Gasteiger charge is -2.07. The Labute approximate surface area is 67.9 Å². The molecule has 0 rings (SSSR count). The van der Waals surface area contributed by atoms with Crippen molar-refractivity contribution in [1.29, 1.82) is 0 Å². The van der Waals surface area contributed by atoms with Crippen LogP contribution in [0.5, 0.6) is 0 Å². The Morgan fingerprint density at radius 1 is 1.50 bits per heavy atom. The van der Waals surface area contributed by atoms with Gasteiger partial charge in [0, 0.05) is 4.53 Å². The zero-order valence-electron chi connectivity index (χ0n) is 6.73. The average Bonchev–Trinajstić information content (AvgIpc) is 2.03. The zero-order chi connectivity index (χ0) is 9.72. The minimum atomic E-state index is -2.19. The summed E-state index contributed by atoms with van der Waals surface area (Å²) in [7, 11) is 0. The Morgan fingerprint density at radius 2 is 2.00 bits per heavy atom. The van der Waals surface area contributed by atoms with Gasteiger partial charge < -0.3 is 0 Å². The van der Waals surface area contributed by atoms with Crippen molar-refractivity contribution in [2.75, 3.05) is 0 Å². The first-order chi connectivity index (χ1) is 5.54. The molecule has 0 fully saturated rings. The summed E-state index contributed by atoms with van der Waals surface area (Å²) in [6.45, 7) is 3.00. The first kappa shape index (κ1) is 11.0. The third kappa shape index (κ3) is 2.56. The molecule has 2 nitrogen and oxygen atoms in total. The SMILES string of the molecule is CCC(C)C(C(=O)OF)=C(F)F. The van der Waals surface area contributed by atoms with Crippen LogP contribution < -0.4 is 0 Å². The van der Waals surface area contributed by atoms with E-state index in [0.29, 0.717) is 6.42 Å². The minimum absolute atomic E-state index is 0.321. The molecule has 12 heavy (non-hydrogen) atoms. The molecule has 0 aromatic rings. The third-order valence-corrected chi connectivity index (χ3v) is 1.60. The number of hydrogen-bond acceptors (Lipinski definition) is 2. The second kappa shape index (κ2) is 4.79. The van der Waals surface area contributed by atoms with E-state index in [4.69, 9.17) is 0 Å². The largest absolute Gasteiger partial charge is 0.381 e. The molecule has 0 radical (unpaired) electrons. The molecule has 0 aliphatic rings. The van der Waals surface area contributed by atoms with Gasteiger partial charge in [-0.25, -0.2) is 9.74 Å². The van der Waals surface area contributed by atoms with E-state index >= 15 is 0 Å². The van der Waals surface area contributed by atoms with Crippen LogP contribution >= 0.6 is 0 Å². The lowest BCUT2D eigenvalue weighted by Crippen LogP contribution is -2.11. The first-order valence-electron chi connectivity index (χ1n) is 3.42. The maximum atomic E-state index is 12.0. The second-order valence-electron chi connectivity index (χ2n) is 2.35. The van der Waals surface area contributed by atoms with Crippen LogP contribution in [0.2, 0.25) is 0 Å². The van der Waals surface area contributed by atoms with Gasteiger partial charge in [0.15, 0.2) is 0 Å². The topological polar surface area (TPSA) is 26.3 Å². The number of halogens is 3. The summed E-state index contributed by atoms with van der Waals surface area (Å²) in [5.74, 6) is -2.30. The van der Waals surface area contributed by atoms with Crippen LogP contribution in [0.1, 0.15) is 20.3 Å². The van der Waals surface area contributed by atoms with Crippen LogP contribution in [0.4, 0.5) is 13.3 Å². The fourth-order valence-electron chi connectivity index (χ4n) is 0.710. The molecule has 0 saturated carbocycles. The number of carbonyl (C=O) groups is 1. The monoisotopic (exact) mass is 182 g/mol. The van der Waals surface area contributed by atoms with Gasteiger partial charge >= 0.3 is 5.97 Å². The fourth-order valence-corrected chi connectivity index (χ4v) is 0.710. The van der Waals surface area contributed by atoms with Crippen molar-refractivity contribution in [2.24, 2.45) is 5.92 Å². The van der Waals surface area contributed by atoms with Crippen molar-refractivity contribution in [2.45, 2.75) is 20.3 Å². The van der Waals surface area contributed by atoms with Gasteiger partial charge in [-0.2, -0.15) is 8.78 Å². The fraction of sp³-hybridized carbons (Fsp3) is 0.571. The van der Waals surface area contributed by atoms with Crippen LogP contribution in [0.15, 0.2) is 11.7 Å². The molecule has 1 atom stereocenters. The number of hydrogen-bond donors (Lipinski definition) is 0. The molecule has 70 valence electrons. The van der Waals surface area contributed by atoms with Gasteiger partial charge in [-0.05, 0) is 12.3 Å². The lowest BCUT2D eigenvalue weighted by molar-refractivity contribution is -0.179. The van der Waals surface area contributed by atoms with E-state index in [0.717, 1.165) is 0 Å². The van der Waals surface area contributed by atoms with Crippen molar-refractivity contribution in [3.05, 3.63) is 11.7 Å². The van der Waals surface area contributed by atoms with Crippen LogP contribution in [-0.4, -0.2) is 5.97 Å². The standard InChI is InChI=1S/C7H9F3O2/c1-3-4(2)5(6(8)9)7(11)12-10/h4H,3H2,1-2H3. The van der Waals surface area contributed by atoms with Gasteiger partial charge in [-0.15, -0.1) is 0 Å². The summed E-state index contributed by atoms with van der Waals surface area (Å²) >= 11 is 0. The van der Waals surface area contributed by atoms with E-state index < -0.39 is 23.5 Å². The Bertz CT molecular complexity index is 197. The summed E-state index contributed by atoms with van der Waals surface area (Å²) in [5.41, 5.74) is -0.889. The molecular weight excluding hydrogens is 173 g/mol. The van der Waals surface area contributed by atoms with Crippen molar-refractivity contribution < 1.29 is 23.0 Å². The van der Waals surface area contributed by atoms with Gasteiger partial charge in [0.25, 0.3) is 6.08 Å². The van der Waals surface area contributed by atoms with Crippen molar-refractivity contribution >= 4 is 5.97 Å². The Morgan fingerprint density at radius 3 is 2.25 bits per heavy atom. The molecule has 0 saturated heterocycles. The van der Waals surface area contributed by atoms with Gasteiger partial charge in [-0.3, -0.25) is 0 Å². The van der Waals surface area contributed by atoms with E-state index in [2.05, 4.69) is 4.94 Å². The summed E-state index contributed by atoms with van der Waals surface area (Å²) in [4.78, 5) is 13.1. The van der Waals surface area contributed by atoms with E-state index in [1.54, 1.807) is 6.92 Å². The Hall–Kier alpha value is -1.00. The molecule has 0 spiro atoms. The van der Waals surface area contributed by atoms with Crippen molar-refractivity contribution in [3.63, 3.8) is 0 Å². The molecule has 0 aromatic heterocycles. The van der Waals surface area contributed by atoms with Crippen LogP contribution in [0.3, 0.4) is 0 Å². The average molecular weight is 182 g/mol. The zero-order valence-corrected chi connectivity index (χ0v) is 6.73. The minimum Gasteiger partial charge on any atom is -0.249 e. The normalized spacial score (nSPS) is 12.1. The smallest absolute Gasteiger partial charge is 0.249 e. The molecule has 0 aromatic carbocycles. The van der Waals surface area contributed by atoms with Gasteiger partial charge in [-0.1, -0.05) is 13.8 Å². The lowest BCUT2D eigenvalue weighted by atomic mass is 10.00. The predicted octanol–water partition coefficient (Wildman–Crippen LogP) is 2.61. The van der Waals surface area contributed by atoms with E-state index in [-0.39, 0.29) is 0 Å². The number of carbonyl (C=O) groups excluding carboxylic acids is 1. The summed E-state index contributed by atoms with van der Waals surface area (Å²) in [5, 5.41) is 0. The van der Waals surface area contributed by atoms with Crippen LogP contribution in [0.25, 0.3) is 0 Å². The van der Waals surface area contributed by atoms with Crippen LogP contribution in [-0.2, 0) is 9.74 Å². The highest BCUT2D eigenvalue weighted by Crippen LogP contribution is 2.21. The Balaban J connectivity index is 4.69. The highest BCUT2D eigenvalue weighted by Gasteiger charge is 2.23. The molecule has 0 bridgehead atoms. The van der Waals surface area contributed by atoms with Gasteiger partial charge in [0.1, 0.15) is 5.57 Å². The molecule has 0 N–H and O–H groups in total. The molecule has 0 amide bonds. The molecule has 1 unspecified atom stereocenters. The summed E-state index contributed by atoms with van der Waals surface area (Å²) in [6, 6.07) is 0. The Kier molecular flexibility index (Phi) is 4.39. The summed E-state index contributed by atoms with van der Waals surface area (Å²) < 4.78 is 35.2. The molecule has 5 heteroatoms. The number of rotatable bonds is 3. The van der Waals surface area contributed by atoms with Crippen LogP contribution in [0, 0.1) is 5.92 Å². The predicted molar refractivity (Wildman–Crippen MR) is 35.9 cm³/mol. The first-order valence-corrected chi connectivity index (χ1v) is 3.42. The molecule has 0 aliphatic carbocycles. The van der Waals surface area contributed by atoms with Crippen molar-refractivity contribution in [3.8, 4) is 0 Å². The van der Waals surface area contributed by atoms with Crippen molar-refractivity contribution in [1.82, 2.24) is 0 Å². The maximum Gasteiger partial charge on any atom is 0.381 e. The van der Waals surface area contributed by atoms with E-state index in [1.807, 2.05) is 0 Å². The summed E-state index contributed by atoms with van der Waals surface area (Å²) in [6.07, 6.45) is -1.87. The van der Waals surface area contributed by atoms with Gasteiger partial charge in [0.05, 0.1) is 0 Å². The second-order valence-corrected chi connectivity index (χ2v) is 2.35. The molecule has 0 aliphatic heterocycles. The maximum absolute atomic E-state index is 12.0. The molecular formula is C7H9F3O2. The van der Waals surface area contributed by atoms with E-state index in [1.165, 1.54) is 6.92 Å². The third-order valence-electron chi connectivity index (χ3n) is 1.60. The quantitative estimate of drug-likeness (QED) is 0.627. The highest BCUT2D eigenvalue weighted by molar-refractivity contribution is 5.88. The molecule has 0 heterocycles. The van der Waals surface area contributed by atoms with Gasteiger partial charge in [0.2, 0.25) is 0 Å². The van der Waals surface area contributed by atoms with E-state index in [9.17, 15) is 18.1 Å².